The first-order valence-corrected chi connectivity index (χ1v) is 9.41. The fraction of sp³-hybridized carbons (Fsp3) is 0.450. The number of piperidine rings is 1. The van der Waals surface area contributed by atoms with Crippen molar-refractivity contribution in [3.05, 3.63) is 41.9 Å². The summed E-state index contributed by atoms with van der Waals surface area (Å²) in [4.78, 5) is 23.5. The standard InChI is InChI=1S/C20H24N4O4/c1-14-21-17(13-18(22-14)23-15-3-5-16(26-2)6-4-15)19(25)24-9-7-20(8-10-24)27-11-12-28-20/h3-6,13H,7-12H2,1-2H3,(H,21,22,23). The van der Waals surface area contributed by atoms with Crippen LogP contribution in [0.5, 0.6) is 5.75 Å². The van der Waals surface area contributed by atoms with Crippen molar-refractivity contribution in [2.75, 3.05) is 38.7 Å². The van der Waals surface area contributed by atoms with Gasteiger partial charge in [0, 0.05) is 37.7 Å². The number of hydrogen-bond donors (Lipinski definition) is 1. The van der Waals surface area contributed by atoms with Crippen molar-refractivity contribution < 1.29 is 19.0 Å². The predicted molar refractivity (Wildman–Crippen MR) is 103 cm³/mol. The zero-order chi connectivity index (χ0) is 19.6. The van der Waals surface area contributed by atoms with Gasteiger partial charge in [0.1, 0.15) is 23.1 Å². The van der Waals surface area contributed by atoms with E-state index in [0.717, 1.165) is 11.4 Å². The quantitative estimate of drug-likeness (QED) is 0.867. The first kappa shape index (κ1) is 18.6. The molecule has 0 radical (unpaired) electrons. The highest BCUT2D eigenvalue weighted by atomic mass is 16.7. The van der Waals surface area contributed by atoms with Gasteiger partial charge in [-0.3, -0.25) is 4.79 Å². The Labute approximate surface area is 163 Å². The zero-order valence-corrected chi connectivity index (χ0v) is 16.1. The number of aromatic nitrogens is 2. The number of benzene rings is 1. The molecule has 2 aliphatic heterocycles. The van der Waals surface area contributed by atoms with Gasteiger partial charge >= 0.3 is 0 Å². The van der Waals surface area contributed by atoms with Crippen LogP contribution in [0.1, 0.15) is 29.2 Å². The SMILES string of the molecule is COc1ccc(Nc2cc(C(=O)N3CCC4(CC3)OCCO4)nc(C)n2)cc1. The van der Waals surface area contributed by atoms with Crippen LogP contribution in [0.2, 0.25) is 0 Å². The minimum absolute atomic E-state index is 0.101. The molecule has 2 aromatic rings. The summed E-state index contributed by atoms with van der Waals surface area (Å²) in [6, 6.07) is 9.19. The largest absolute Gasteiger partial charge is 0.497 e. The Kier molecular flexibility index (Phi) is 5.15. The Morgan fingerprint density at radius 2 is 1.82 bits per heavy atom. The van der Waals surface area contributed by atoms with Crippen molar-refractivity contribution in [2.24, 2.45) is 0 Å². The number of amides is 1. The molecule has 4 rings (SSSR count). The smallest absolute Gasteiger partial charge is 0.272 e. The molecular formula is C20H24N4O4. The molecule has 0 bridgehead atoms. The molecule has 1 aromatic heterocycles. The highest BCUT2D eigenvalue weighted by Crippen LogP contribution is 2.31. The lowest BCUT2D eigenvalue weighted by Crippen LogP contribution is -2.47. The number of hydrogen-bond acceptors (Lipinski definition) is 7. The molecule has 2 fully saturated rings. The van der Waals surface area contributed by atoms with Gasteiger partial charge in [-0.15, -0.1) is 0 Å². The van der Waals surface area contributed by atoms with E-state index in [-0.39, 0.29) is 5.91 Å². The van der Waals surface area contributed by atoms with E-state index in [1.807, 2.05) is 24.3 Å². The van der Waals surface area contributed by atoms with Crippen LogP contribution in [-0.2, 0) is 9.47 Å². The van der Waals surface area contributed by atoms with Gasteiger partial charge < -0.3 is 24.4 Å². The van der Waals surface area contributed by atoms with E-state index in [1.54, 1.807) is 25.0 Å². The van der Waals surface area contributed by atoms with E-state index in [1.165, 1.54) is 0 Å². The fourth-order valence-electron chi connectivity index (χ4n) is 3.56. The monoisotopic (exact) mass is 384 g/mol. The molecule has 2 aliphatic rings. The lowest BCUT2D eigenvalue weighted by molar-refractivity contribution is -0.181. The fourth-order valence-corrected chi connectivity index (χ4v) is 3.56. The van der Waals surface area contributed by atoms with Crippen molar-refractivity contribution in [1.29, 1.82) is 0 Å². The summed E-state index contributed by atoms with van der Waals surface area (Å²) in [5.74, 6) is 1.30. The van der Waals surface area contributed by atoms with E-state index in [4.69, 9.17) is 14.2 Å². The Morgan fingerprint density at radius 1 is 1.14 bits per heavy atom. The van der Waals surface area contributed by atoms with Crippen molar-refractivity contribution >= 4 is 17.4 Å². The van der Waals surface area contributed by atoms with Crippen molar-refractivity contribution in [3.8, 4) is 5.75 Å². The minimum atomic E-state index is -0.501. The van der Waals surface area contributed by atoms with Gasteiger partial charge in [0.05, 0.1) is 20.3 Å². The van der Waals surface area contributed by atoms with Crippen LogP contribution in [0, 0.1) is 6.92 Å². The summed E-state index contributed by atoms with van der Waals surface area (Å²) in [6.45, 7) is 4.20. The molecule has 1 N–H and O–H groups in total. The number of carbonyl (C=O) groups is 1. The summed E-state index contributed by atoms with van der Waals surface area (Å²) < 4.78 is 16.6. The lowest BCUT2D eigenvalue weighted by atomic mass is 10.0. The van der Waals surface area contributed by atoms with Crippen LogP contribution in [0.15, 0.2) is 30.3 Å². The zero-order valence-electron chi connectivity index (χ0n) is 16.1. The number of methoxy groups -OCH3 is 1. The van der Waals surface area contributed by atoms with Crippen LogP contribution in [0.3, 0.4) is 0 Å². The third-order valence-corrected chi connectivity index (χ3v) is 5.05. The van der Waals surface area contributed by atoms with Crippen molar-refractivity contribution in [3.63, 3.8) is 0 Å². The van der Waals surface area contributed by atoms with Crippen molar-refractivity contribution in [1.82, 2.24) is 14.9 Å². The Hall–Kier alpha value is -2.71. The summed E-state index contributed by atoms with van der Waals surface area (Å²) in [5.41, 5.74) is 1.24. The van der Waals surface area contributed by atoms with Crippen molar-refractivity contribution in [2.45, 2.75) is 25.6 Å². The van der Waals surface area contributed by atoms with E-state index < -0.39 is 5.79 Å². The molecule has 3 heterocycles. The van der Waals surface area contributed by atoms with Crippen LogP contribution >= 0.6 is 0 Å². The van der Waals surface area contributed by atoms with E-state index in [2.05, 4.69) is 15.3 Å². The van der Waals surface area contributed by atoms with Crippen LogP contribution in [0.25, 0.3) is 0 Å². The van der Waals surface area contributed by atoms with Gasteiger partial charge in [0.25, 0.3) is 5.91 Å². The highest BCUT2D eigenvalue weighted by Gasteiger charge is 2.41. The number of nitrogens with zero attached hydrogens (tertiary/aromatic N) is 3. The molecule has 0 atom stereocenters. The lowest BCUT2D eigenvalue weighted by Gasteiger charge is -2.37. The Morgan fingerprint density at radius 3 is 2.46 bits per heavy atom. The molecule has 28 heavy (non-hydrogen) atoms. The van der Waals surface area contributed by atoms with E-state index in [0.29, 0.717) is 56.5 Å². The van der Waals surface area contributed by atoms with Gasteiger partial charge in [-0.2, -0.15) is 0 Å². The number of ether oxygens (including phenoxy) is 3. The third-order valence-electron chi connectivity index (χ3n) is 5.05. The molecular weight excluding hydrogens is 360 g/mol. The number of anilines is 2. The first-order chi connectivity index (χ1) is 13.6. The summed E-state index contributed by atoms with van der Waals surface area (Å²) in [7, 11) is 1.63. The van der Waals surface area contributed by atoms with Crippen LogP contribution in [0.4, 0.5) is 11.5 Å². The molecule has 0 aliphatic carbocycles. The summed E-state index contributed by atoms with van der Waals surface area (Å²) in [5, 5.41) is 3.22. The number of nitrogens with one attached hydrogen (secondary N) is 1. The molecule has 1 amide bonds. The van der Waals surface area contributed by atoms with Gasteiger partial charge in [0.15, 0.2) is 5.79 Å². The van der Waals surface area contributed by atoms with Gasteiger partial charge in [-0.1, -0.05) is 0 Å². The van der Waals surface area contributed by atoms with Crippen LogP contribution in [-0.4, -0.2) is 60.0 Å². The second kappa shape index (κ2) is 7.73. The molecule has 0 saturated carbocycles. The Balaban J connectivity index is 1.46. The first-order valence-electron chi connectivity index (χ1n) is 9.41. The summed E-state index contributed by atoms with van der Waals surface area (Å²) >= 11 is 0. The number of likely N-dealkylation sites (tertiary alicyclic amines) is 1. The minimum Gasteiger partial charge on any atom is -0.497 e. The summed E-state index contributed by atoms with van der Waals surface area (Å²) in [6.07, 6.45) is 1.36. The third kappa shape index (κ3) is 3.93. The number of rotatable bonds is 4. The molecule has 8 heteroatoms. The van der Waals surface area contributed by atoms with E-state index in [9.17, 15) is 4.79 Å². The second-order valence-electron chi connectivity index (χ2n) is 6.94. The molecule has 8 nitrogen and oxygen atoms in total. The Bertz CT molecular complexity index is 840. The number of aryl methyl sites for hydroxylation is 1. The molecule has 148 valence electrons. The number of carbonyl (C=O) groups excluding carboxylic acids is 1. The molecule has 2 saturated heterocycles. The van der Waals surface area contributed by atoms with E-state index >= 15 is 0 Å². The molecule has 0 unspecified atom stereocenters. The molecule has 1 aromatic carbocycles. The maximum atomic E-state index is 13.0. The average Bonchev–Trinajstić information content (AvgIpc) is 3.16. The van der Waals surface area contributed by atoms with Crippen LogP contribution < -0.4 is 10.1 Å². The second-order valence-corrected chi connectivity index (χ2v) is 6.94. The maximum Gasteiger partial charge on any atom is 0.272 e. The van der Waals surface area contributed by atoms with Gasteiger partial charge in [-0.05, 0) is 31.2 Å². The topological polar surface area (TPSA) is 85.8 Å². The predicted octanol–water partition coefficient (Wildman–Crippen LogP) is 2.52. The van der Waals surface area contributed by atoms with Gasteiger partial charge in [-0.25, -0.2) is 9.97 Å². The van der Waals surface area contributed by atoms with Gasteiger partial charge in [0.2, 0.25) is 0 Å². The average molecular weight is 384 g/mol. The normalized spacial score (nSPS) is 18.3. The highest BCUT2D eigenvalue weighted by molar-refractivity contribution is 5.93. The molecule has 1 spiro atoms. The maximum absolute atomic E-state index is 13.0.